The van der Waals surface area contributed by atoms with Crippen molar-refractivity contribution < 1.29 is 18.0 Å². The Hall–Kier alpha value is -2.79. The molecule has 36 heavy (non-hydrogen) atoms. The van der Waals surface area contributed by atoms with Gasteiger partial charge in [-0.2, -0.15) is 13.2 Å². The van der Waals surface area contributed by atoms with Gasteiger partial charge in [-0.15, -0.1) is 10.2 Å². The van der Waals surface area contributed by atoms with Crippen LogP contribution in [0.3, 0.4) is 0 Å². The van der Waals surface area contributed by atoms with Crippen LogP contribution < -0.4 is 10.6 Å². The first-order valence-corrected chi connectivity index (χ1v) is 12.9. The van der Waals surface area contributed by atoms with E-state index >= 15 is 0 Å². The topological polar surface area (TPSA) is 84.7 Å². The van der Waals surface area contributed by atoms with E-state index in [9.17, 15) is 18.0 Å². The average Bonchev–Trinajstić information content (AvgIpc) is 3.26. The molecule has 1 aliphatic carbocycles. The zero-order chi connectivity index (χ0) is 25.7. The van der Waals surface area contributed by atoms with Crippen molar-refractivity contribution in [1.29, 1.82) is 0 Å². The molecule has 0 aliphatic heterocycles. The maximum absolute atomic E-state index is 13.1. The number of benzene rings is 1. The lowest BCUT2D eigenvalue weighted by Gasteiger charge is -2.26. The van der Waals surface area contributed by atoms with Gasteiger partial charge < -0.3 is 15.2 Å². The highest BCUT2D eigenvalue weighted by molar-refractivity contribution is 8.00. The molecule has 1 atom stereocenters. The van der Waals surface area contributed by atoms with E-state index in [2.05, 4.69) is 25.8 Å². The summed E-state index contributed by atoms with van der Waals surface area (Å²) in [7, 11) is 0. The zero-order valence-electron chi connectivity index (χ0n) is 19.6. The summed E-state index contributed by atoms with van der Waals surface area (Å²) in [5.74, 6) is 0.780. The number of aromatic nitrogens is 4. The lowest BCUT2D eigenvalue weighted by molar-refractivity contribution is -0.137. The van der Waals surface area contributed by atoms with Crippen LogP contribution in [0.1, 0.15) is 56.5 Å². The van der Waals surface area contributed by atoms with E-state index in [1.54, 1.807) is 25.1 Å². The predicted molar refractivity (Wildman–Crippen MR) is 134 cm³/mol. The Morgan fingerprint density at radius 2 is 1.97 bits per heavy atom. The lowest BCUT2D eigenvalue weighted by atomic mass is 9.95. The molecule has 1 aliphatic rings. The number of halogens is 4. The minimum absolute atomic E-state index is 0.169. The van der Waals surface area contributed by atoms with Gasteiger partial charge in [-0.05, 0) is 50.1 Å². The highest BCUT2D eigenvalue weighted by atomic mass is 35.5. The van der Waals surface area contributed by atoms with Gasteiger partial charge in [-0.3, -0.25) is 4.79 Å². The third-order valence-electron chi connectivity index (χ3n) is 5.95. The summed E-state index contributed by atoms with van der Waals surface area (Å²) >= 11 is 7.14. The lowest BCUT2D eigenvalue weighted by Crippen LogP contribution is -2.24. The van der Waals surface area contributed by atoms with E-state index < -0.39 is 17.0 Å². The van der Waals surface area contributed by atoms with E-state index in [0.29, 0.717) is 27.5 Å². The minimum Gasteiger partial charge on any atom is -0.378 e. The Morgan fingerprint density at radius 1 is 1.19 bits per heavy atom. The number of carbonyl (C=O) groups is 1. The summed E-state index contributed by atoms with van der Waals surface area (Å²) in [6, 6.07) is 8.51. The fraction of sp³-hybridized carbons (Fsp3) is 0.417. The molecule has 3 aromatic rings. The molecule has 1 saturated carbocycles. The van der Waals surface area contributed by atoms with Crippen LogP contribution in [0, 0.1) is 0 Å². The predicted octanol–water partition coefficient (Wildman–Crippen LogP) is 6.58. The third kappa shape index (κ3) is 6.70. The quantitative estimate of drug-likeness (QED) is 0.315. The number of carbonyl (C=O) groups excluding carboxylic acids is 1. The van der Waals surface area contributed by atoms with Gasteiger partial charge in [-0.25, -0.2) is 4.98 Å². The molecule has 0 unspecified atom stereocenters. The van der Waals surface area contributed by atoms with E-state index in [4.69, 9.17) is 11.6 Å². The Kier molecular flexibility index (Phi) is 8.40. The van der Waals surface area contributed by atoms with Crippen molar-refractivity contribution in [1.82, 2.24) is 19.7 Å². The summed E-state index contributed by atoms with van der Waals surface area (Å²) in [5, 5.41) is 15.1. The van der Waals surface area contributed by atoms with Gasteiger partial charge in [0.15, 0.2) is 11.0 Å². The Morgan fingerprint density at radius 3 is 2.67 bits per heavy atom. The van der Waals surface area contributed by atoms with Gasteiger partial charge in [0.05, 0.1) is 22.4 Å². The number of anilines is 2. The fourth-order valence-corrected chi connectivity index (χ4v) is 5.14. The number of thioether (sulfide) groups is 1. The highest BCUT2D eigenvalue weighted by Gasteiger charge is 2.30. The fourth-order valence-electron chi connectivity index (χ4n) is 4.09. The first-order valence-electron chi connectivity index (χ1n) is 11.6. The summed E-state index contributed by atoms with van der Waals surface area (Å²) in [6.45, 7) is 1.98. The standard InChI is InChI=1S/C24H26ClF3N6OS/c1-15(22(35)31-20-11-10-17(25)13-30-20)36-23-33-32-21(34(23)19-8-3-2-4-9-19)14-29-18-7-5-6-16(12-18)24(26,27)28/h5-7,10-13,15,19,29H,2-4,8-9,14H2,1H3,(H,30,31,35)/t15-/m0/s1. The molecule has 1 amide bonds. The van der Waals surface area contributed by atoms with Crippen molar-refractivity contribution in [2.75, 3.05) is 10.6 Å². The highest BCUT2D eigenvalue weighted by Crippen LogP contribution is 2.35. The van der Waals surface area contributed by atoms with E-state index in [1.165, 1.54) is 24.0 Å². The van der Waals surface area contributed by atoms with Crippen LogP contribution in [0.25, 0.3) is 0 Å². The van der Waals surface area contributed by atoms with Gasteiger partial charge in [0, 0.05) is 17.9 Å². The molecule has 12 heteroatoms. The average molecular weight is 539 g/mol. The van der Waals surface area contributed by atoms with Gasteiger partial charge in [-0.1, -0.05) is 48.7 Å². The number of pyridine rings is 1. The number of amides is 1. The van der Waals surface area contributed by atoms with Crippen molar-refractivity contribution in [2.45, 2.75) is 68.2 Å². The van der Waals surface area contributed by atoms with Crippen molar-refractivity contribution >= 4 is 40.8 Å². The molecule has 0 saturated heterocycles. The molecule has 7 nitrogen and oxygen atoms in total. The Balaban J connectivity index is 1.49. The van der Waals surface area contributed by atoms with Gasteiger partial charge >= 0.3 is 6.18 Å². The van der Waals surface area contributed by atoms with Crippen LogP contribution in [0.15, 0.2) is 47.8 Å². The second-order valence-corrected chi connectivity index (χ2v) is 10.3. The van der Waals surface area contributed by atoms with Gasteiger partial charge in [0.1, 0.15) is 5.82 Å². The smallest absolute Gasteiger partial charge is 0.378 e. The van der Waals surface area contributed by atoms with Crippen LogP contribution in [-0.2, 0) is 17.5 Å². The maximum atomic E-state index is 13.1. The third-order valence-corrected chi connectivity index (χ3v) is 7.23. The summed E-state index contributed by atoms with van der Waals surface area (Å²) in [6.07, 6.45) is 2.26. The number of rotatable bonds is 8. The molecule has 0 bridgehead atoms. The zero-order valence-corrected chi connectivity index (χ0v) is 21.1. The van der Waals surface area contributed by atoms with Crippen molar-refractivity contribution in [3.63, 3.8) is 0 Å². The normalized spacial score (nSPS) is 15.5. The monoisotopic (exact) mass is 538 g/mol. The minimum atomic E-state index is -4.41. The summed E-state index contributed by atoms with van der Waals surface area (Å²) in [4.78, 5) is 16.8. The van der Waals surface area contributed by atoms with Crippen LogP contribution in [0.5, 0.6) is 0 Å². The molecule has 2 aromatic heterocycles. The largest absolute Gasteiger partial charge is 0.416 e. The SMILES string of the molecule is C[C@H](Sc1nnc(CNc2cccc(C(F)(F)F)c2)n1C1CCCCC1)C(=O)Nc1ccc(Cl)cn1. The molecule has 1 fully saturated rings. The van der Waals surface area contributed by atoms with Crippen molar-refractivity contribution in [2.24, 2.45) is 0 Å². The second-order valence-electron chi connectivity index (χ2n) is 8.60. The molecule has 4 rings (SSSR count). The van der Waals surface area contributed by atoms with Gasteiger partial charge in [0.25, 0.3) is 0 Å². The van der Waals surface area contributed by atoms with Crippen LogP contribution >= 0.6 is 23.4 Å². The van der Waals surface area contributed by atoms with E-state index in [-0.39, 0.29) is 18.5 Å². The number of nitrogens with one attached hydrogen (secondary N) is 2. The molecule has 2 heterocycles. The summed E-state index contributed by atoms with van der Waals surface area (Å²) in [5.41, 5.74) is -0.368. The number of alkyl halides is 3. The van der Waals surface area contributed by atoms with Crippen LogP contribution in [-0.4, -0.2) is 30.9 Å². The molecule has 192 valence electrons. The first-order chi connectivity index (χ1) is 17.2. The van der Waals surface area contributed by atoms with E-state index in [1.807, 2.05) is 4.57 Å². The number of hydrogen-bond acceptors (Lipinski definition) is 6. The molecular weight excluding hydrogens is 513 g/mol. The summed E-state index contributed by atoms with van der Waals surface area (Å²) < 4.78 is 41.3. The van der Waals surface area contributed by atoms with E-state index in [0.717, 1.165) is 44.2 Å². The maximum Gasteiger partial charge on any atom is 0.416 e. The molecule has 0 radical (unpaired) electrons. The molecule has 0 spiro atoms. The molecule has 2 N–H and O–H groups in total. The Labute approximate surface area is 216 Å². The van der Waals surface area contributed by atoms with Gasteiger partial charge in [0.2, 0.25) is 5.91 Å². The number of hydrogen-bond donors (Lipinski definition) is 2. The second kappa shape index (κ2) is 11.5. The van der Waals surface area contributed by atoms with Crippen molar-refractivity contribution in [3.8, 4) is 0 Å². The molecule has 1 aromatic carbocycles. The number of nitrogens with zero attached hydrogens (tertiary/aromatic N) is 4. The Bertz CT molecular complexity index is 1180. The van der Waals surface area contributed by atoms with Crippen LogP contribution in [0.4, 0.5) is 24.7 Å². The van der Waals surface area contributed by atoms with Crippen LogP contribution in [0.2, 0.25) is 5.02 Å². The first kappa shape index (κ1) is 26.3. The molecular formula is C24H26ClF3N6OS. The van der Waals surface area contributed by atoms with Crippen molar-refractivity contribution in [3.05, 3.63) is 59.0 Å².